The molecule has 92 valence electrons. The van der Waals surface area contributed by atoms with Gasteiger partial charge in [0.2, 0.25) is 0 Å². The zero-order chi connectivity index (χ0) is 13.0. The Labute approximate surface area is 100 Å². The van der Waals surface area contributed by atoms with Gasteiger partial charge in [-0.05, 0) is 19.9 Å². The predicted molar refractivity (Wildman–Crippen MR) is 61.3 cm³/mol. The monoisotopic (exact) mass is 237 g/mol. The van der Waals surface area contributed by atoms with Gasteiger partial charge in [-0.15, -0.1) is 0 Å². The Morgan fingerprint density at radius 2 is 2.06 bits per heavy atom. The summed E-state index contributed by atoms with van der Waals surface area (Å²) in [5.41, 5.74) is 1.49. The van der Waals surface area contributed by atoms with Crippen LogP contribution in [0.2, 0.25) is 0 Å². The Balaban J connectivity index is 2.79. The molecule has 17 heavy (non-hydrogen) atoms. The molecular formula is C12H17N2O3+. The molecule has 0 saturated carbocycles. The standard InChI is InChI=1S/C12H16N2O3/c1-8-5-10(7-14(3)6-8)11(15)13-9(2)12(16)17-4/h5-7,9H,1-4H3/p+1. The third kappa shape index (κ3) is 3.55. The minimum Gasteiger partial charge on any atom is -0.467 e. The molecule has 1 aromatic rings. The van der Waals surface area contributed by atoms with Crippen LogP contribution >= 0.6 is 0 Å². The molecule has 0 radical (unpaired) electrons. The number of ether oxygens (including phenoxy) is 1. The first-order chi connectivity index (χ1) is 7.93. The van der Waals surface area contributed by atoms with Crippen molar-refractivity contribution >= 4 is 11.9 Å². The average molecular weight is 237 g/mol. The number of methoxy groups -OCH3 is 1. The minimum atomic E-state index is -0.654. The number of pyridine rings is 1. The fraction of sp³-hybridized carbons (Fsp3) is 0.417. The SMILES string of the molecule is COC(=O)C(C)NC(=O)c1cc(C)c[n+](C)c1. The van der Waals surface area contributed by atoms with E-state index in [0.29, 0.717) is 5.56 Å². The van der Waals surface area contributed by atoms with Gasteiger partial charge in [0, 0.05) is 5.56 Å². The summed E-state index contributed by atoms with van der Waals surface area (Å²) >= 11 is 0. The molecule has 0 aromatic carbocycles. The largest absolute Gasteiger partial charge is 0.467 e. The van der Waals surface area contributed by atoms with Gasteiger partial charge in [0.05, 0.1) is 7.11 Å². The number of rotatable bonds is 3. The van der Waals surface area contributed by atoms with Crippen molar-refractivity contribution < 1.29 is 18.9 Å². The second kappa shape index (κ2) is 5.43. The highest BCUT2D eigenvalue weighted by Gasteiger charge is 2.18. The highest BCUT2D eigenvalue weighted by Crippen LogP contribution is 2.00. The second-order valence-electron chi connectivity index (χ2n) is 3.99. The molecular weight excluding hydrogens is 220 g/mol. The third-order valence-corrected chi connectivity index (χ3v) is 2.30. The van der Waals surface area contributed by atoms with Crippen molar-refractivity contribution in [2.24, 2.45) is 7.05 Å². The number of hydrogen-bond acceptors (Lipinski definition) is 3. The van der Waals surface area contributed by atoms with Gasteiger partial charge < -0.3 is 10.1 Å². The van der Waals surface area contributed by atoms with Crippen LogP contribution in [0.5, 0.6) is 0 Å². The molecule has 1 amide bonds. The number of carbonyl (C=O) groups excluding carboxylic acids is 2. The third-order valence-electron chi connectivity index (χ3n) is 2.30. The van der Waals surface area contributed by atoms with Crippen LogP contribution in [-0.4, -0.2) is 25.0 Å². The molecule has 5 nitrogen and oxygen atoms in total. The molecule has 0 saturated heterocycles. The van der Waals surface area contributed by atoms with Crippen LogP contribution in [0.4, 0.5) is 0 Å². The van der Waals surface area contributed by atoms with Crippen molar-refractivity contribution in [1.29, 1.82) is 0 Å². The number of hydrogen-bond donors (Lipinski definition) is 1. The molecule has 5 heteroatoms. The lowest BCUT2D eigenvalue weighted by atomic mass is 10.2. The zero-order valence-corrected chi connectivity index (χ0v) is 10.5. The van der Waals surface area contributed by atoms with E-state index in [-0.39, 0.29) is 5.91 Å². The van der Waals surface area contributed by atoms with Crippen LogP contribution < -0.4 is 9.88 Å². The van der Waals surface area contributed by atoms with E-state index in [9.17, 15) is 9.59 Å². The number of esters is 1. The van der Waals surface area contributed by atoms with Crippen molar-refractivity contribution in [3.63, 3.8) is 0 Å². The maximum Gasteiger partial charge on any atom is 0.328 e. The normalized spacial score (nSPS) is 11.8. The zero-order valence-electron chi connectivity index (χ0n) is 10.5. The second-order valence-corrected chi connectivity index (χ2v) is 3.99. The first-order valence-corrected chi connectivity index (χ1v) is 5.29. The molecule has 1 heterocycles. The summed E-state index contributed by atoms with van der Waals surface area (Å²) < 4.78 is 6.34. The van der Waals surface area contributed by atoms with Gasteiger partial charge in [-0.3, -0.25) is 4.79 Å². The van der Waals surface area contributed by atoms with E-state index < -0.39 is 12.0 Å². The summed E-state index contributed by atoms with van der Waals surface area (Å²) in [7, 11) is 3.13. The summed E-state index contributed by atoms with van der Waals surface area (Å²) in [6.07, 6.45) is 3.60. The molecule has 0 aliphatic heterocycles. The van der Waals surface area contributed by atoms with Gasteiger partial charge in [-0.1, -0.05) is 0 Å². The highest BCUT2D eigenvalue weighted by molar-refractivity contribution is 5.96. The van der Waals surface area contributed by atoms with Crippen molar-refractivity contribution in [2.45, 2.75) is 19.9 Å². The Morgan fingerprint density at radius 3 is 2.59 bits per heavy atom. The molecule has 0 aliphatic carbocycles. The number of aryl methyl sites for hydroxylation is 2. The summed E-state index contributed by atoms with van der Waals surface area (Å²) in [5.74, 6) is -0.752. The average Bonchev–Trinajstić information content (AvgIpc) is 2.26. The topological polar surface area (TPSA) is 59.3 Å². The van der Waals surface area contributed by atoms with E-state index in [1.54, 1.807) is 23.8 Å². The van der Waals surface area contributed by atoms with E-state index >= 15 is 0 Å². The van der Waals surface area contributed by atoms with E-state index in [2.05, 4.69) is 10.1 Å². The molecule has 0 spiro atoms. The van der Waals surface area contributed by atoms with Gasteiger partial charge in [-0.2, -0.15) is 0 Å². The van der Waals surface area contributed by atoms with Gasteiger partial charge in [0.15, 0.2) is 12.4 Å². The van der Waals surface area contributed by atoms with Crippen molar-refractivity contribution in [1.82, 2.24) is 5.32 Å². The molecule has 1 rings (SSSR count). The minimum absolute atomic E-state index is 0.290. The lowest BCUT2D eigenvalue weighted by Gasteiger charge is -2.10. The summed E-state index contributed by atoms with van der Waals surface area (Å²) in [6, 6.07) is 1.11. The molecule has 1 atom stereocenters. The Hall–Kier alpha value is -1.91. The lowest BCUT2D eigenvalue weighted by Crippen LogP contribution is -2.40. The van der Waals surface area contributed by atoms with Gasteiger partial charge >= 0.3 is 5.97 Å². The molecule has 1 aromatic heterocycles. The van der Waals surface area contributed by atoms with Gasteiger partial charge in [-0.25, -0.2) is 9.36 Å². The number of carbonyl (C=O) groups is 2. The van der Waals surface area contributed by atoms with Crippen LogP contribution in [-0.2, 0) is 16.6 Å². The lowest BCUT2D eigenvalue weighted by molar-refractivity contribution is -0.671. The van der Waals surface area contributed by atoms with E-state index in [1.165, 1.54) is 7.11 Å². The van der Waals surface area contributed by atoms with E-state index in [4.69, 9.17) is 0 Å². The summed E-state index contributed by atoms with van der Waals surface area (Å²) in [4.78, 5) is 23.0. The molecule has 1 unspecified atom stereocenters. The predicted octanol–water partition coefficient (Wildman–Crippen LogP) is 0.111. The summed E-state index contributed by atoms with van der Waals surface area (Å²) in [5, 5.41) is 2.57. The van der Waals surface area contributed by atoms with Gasteiger partial charge in [0.25, 0.3) is 5.91 Å². The Bertz CT molecular complexity index is 423. The Morgan fingerprint density at radius 1 is 1.41 bits per heavy atom. The summed E-state index contributed by atoms with van der Waals surface area (Å²) in [6.45, 7) is 3.49. The van der Waals surface area contributed by atoms with Crippen molar-refractivity contribution in [3.05, 3.63) is 29.6 Å². The smallest absolute Gasteiger partial charge is 0.328 e. The van der Waals surface area contributed by atoms with Crippen LogP contribution in [0.15, 0.2) is 18.5 Å². The van der Waals surface area contributed by atoms with E-state index in [1.807, 2.05) is 20.2 Å². The number of amides is 1. The maximum atomic E-state index is 11.8. The van der Waals surface area contributed by atoms with E-state index in [0.717, 1.165) is 5.56 Å². The first-order valence-electron chi connectivity index (χ1n) is 5.29. The van der Waals surface area contributed by atoms with Crippen molar-refractivity contribution in [2.75, 3.05) is 7.11 Å². The first kappa shape index (κ1) is 13.2. The van der Waals surface area contributed by atoms with Crippen LogP contribution in [0.25, 0.3) is 0 Å². The van der Waals surface area contributed by atoms with Gasteiger partial charge in [0.1, 0.15) is 18.7 Å². The Kier molecular flexibility index (Phi) is 4.20. The highest BCUT2D eigenvalue weighted by atomic mass is 16.5. The van der Waals surface area contributed by atoms with Crippen LogP contribution in [0, 0.1) is 6.92 Å². The molecule has 0 aliphatic rings. The fourth-order valence-corrected chi connectivity index (χ4v) is 1.54. The van der Waals surface area contributed by atoms with Crippen LogP contribution in [0.3, 0.4) is 0 Å². The number of nitrogens with one attached hydrogen (secondary N) is 1. The molecule has 1 N–H and O–H groups in total. The molecule has 0 bridgehead atoms. The maximum absolute atomic E-state index is 11.8. The quantitative estimate of drug-likeness (QED) is 0.599. The number of nitrogens with zero attached hydrogens (tertiary/aromatic N) is 1. The van der Waals surface area contributed by atoms with Crippen molar-refractivity contribution in [3.8, 4) is 0 Å². The fourth-order valence-electron chi connectivity index (χ4n) is 1.54. The van der Waals surface area contributed by atoms with Crippen LogP contribution in [0.1, 0.15) is 22.8 Å². The number of aromatic nitrogens is 1. The molecule has 0 fully saturated rings.